The molecule has 4 N–H and O–H groups in total. The number of hydrogen-bond acceptors (Lipinski definition) is 7. The van der Waals surface area contributed by atoms with Gasteiger partial charge in [-0.15, -0.1) is 0 Å². The number of aliphatic hydroxyl groups is 4. The molecule has 2 aromatic carbocycles. The maximum Gasteiger partial charge on any atom is 0.231 e. The lowest BCUT2D eigenvalue weighted by atomic mass is 9.86. The normalized spacial score (nSPS) is 31.3. The van der Waals surface area contributed by atoms with Gasteiger partial charge in [-0.25, -0.2) is 0 Å². The Labute approximate surface area is 169 Å². The number of aliphatic hydroxyl groups excluding tert-OH is 4. The van der Waals surface area contributed by atoms with E-state index in [0.29, 0.717) is 17.7 Å². The molecule has 0 bridgehead atoms. The van der Waals surface area contributed by atoms with Crippen molar-refractivity contribution in [3.63, 3.8) is 0 Å². The summed E-state index contributed by atoms with van der Waals surface area (Å²) in [7, 11) is 0. The lowest BCUT2D eigenvalue weighted by Crippen LogP contribution is -2.65. The lowest BCUT2D eigenvalue weighted by molar-refractivity contribution is -0.389. The minimum absolute atomic E-state index is 0.192. The molecule has 7 heteroatoms. The monoisotopic (exact) mass is 402 g/mol. The molecule has 0 saturated carbocycles. The zero-order valence-electron chi connectivity index (χ0n) is 16.2. The quantitative estimate of drug-likeness (QED) is 0.600. The predicted octanol–water partition coefficient (Wildman–Crippen LogP) is 0.833. The average Bonchev–Trinajstić information content (AvgIpc) is 2.76. The van der Waals surface area contributed by atoms with Gasteiger partial charge in [-0.2, -0.15) is 0 Å². The number of aryl methyl sites for hydroxylation is 1. The molecule has 156 valence electrons. The van der Waals surface area contributed by atoms with Crippen LogP contribution in [0.15, 0.2) is 42.5 Å². The Morgan fingerprint density at radius 3 is 2.34 bits per heavy atom. The first-order valence-electron chi connectivity index (χ1n) is 9.79. The first-order valence-corrected chi connectivity index (χ1v) is 9.79. The number of benzene rings is 2. The fraction of sp³-hybridized carbons (Fsp3) is 0.455. The third kappa shape index (κ3) is 3.54. The summed E-state index contributed by atoms with van der Waals surface area (Å²) in [6, 6.07) is 13.9. The maximum absolute atomic E-state index is 10.7. The minimum atomic E-state index is -1.73. The second-order valence-electron chi connectivity index (χ2n) is 7.52. The summed E-state index contributed by atoms with van der Waals surface area (Å²) in [5, 5.41) is 40.7. The molecule has 0 aliphatic carbocycles. The van der Waals surface area contributed by atoms with Gasteiger partial charge in [-0.05, 0) is 41.7 Å². The summed E-state index contributed by atoms with van der Waals surface area (Å²) in [4.78, 5) is 0. The summed E-state index contributed by atoms with van der Waals surface area (Å²) < 4.78 is 17.0. The summed E-state index contributed by atoms with van der Waals surface area (Å²) in [6.45, 7) is 1.39. The van der Waals surface area contributed by atoms with E-state index in [4.69, 9.17) is 14.2 Å². The summed E-state index contributed by atoms with van der Waals surface area (Å²) >= 11 is 0. The molecular weight excluding hydrogens is 376 g/mol. The fourth-order valence-electron chi connectivity index (χ4n) is 3.96. The van der Waals surface area contributed by atoms with Crippen LogP contribution in [0.1, 0.15) is 29.2 Å². The molecule has 5 atom stereocenters. The molecule has 0 unspecified atom stereocenters. The Bertz CT molecular complexity index is 851. The van der Waals surface area contributed by atoms with Crippen molar-refractivity contribution in [2.24, 2.45) is 0 Å². The van der Waals surface area contributed by atoms with Crippen molar-refractivity contribution in [3.8, 4) is 5.75 Å². The number of hydrogen-bond donors (Lipinski definition) is 4. The highest BCUT2D eigenvalue weighted by Crippen LogP contribution is 2.46. The van der Waals surface area contributed by atoms with Gasteiger partial charge < -0.3 is 34.6 Å². The van der Waals surface area contributed by atoms with E-state index in [-0.39, 0.29) is 6.79 Å². The lowest BCUT2D eigenvalue weighted by Gasteiger charge is -2.49. The van der Waals surface area contributed by atoms with E-state index >= 15 is 0 Å². The first kappa shape index (κ1) is 20.3. The molecule has 4 rings (SSSR count). The molecule has 1 spiro atoms. The van der Waals surface area contributed by atoms with E-state index in [2.05, 4.69) is 31.2 Å². The Morgan fingerprint density at radius 1 is 0.966 bits per heavy atom. The largest absolute Gasteiger partial charge is 0.467 e. The molecular formula is C22H26O7. The molecule has 2 aliphatic heterocycles. The Morgan fingerprint density at radius 2 is 1.66 bits per heavy atom. The van der Waals surface area contributed by atoms with Crippen LogP contribution < -0.4 is 4.74 Å². The van der Waals surface area contributed by atoms with Crippen molar-refractivity contribution in [1.82, 2.24) is 0 Å². The van der Waals surface area contributed by atoms with E-state index in [1.54, 1.807) is 6.07 Å². The van der Waals surface area contributed by atoms with Gasteiger partial charge in [0.1, 0.15) is 30.2 Å². The van der Waals surface area contributed by atoms with Crippen molar-refractivity contribution >= 4 is 0 Å². The maximum atomic E-state index is 10.7. The Kier molecular flexibility index (Phi) is 5.61. The second-order valence-corrected chi connectivity index (χ2v) is 7.52. The van der Waals surface area contributed by atoms with Gasteiger partial charge in [-0.1, -0.05) is 37.3 Å². The van der Waals surface area contributed by atoms with E-state index in [1.807, 2.05) is 12.1 Å². The van der Waals surface area contributed by atoms with Gasteiger partial charge in [0.2, 0.25) is 5.79 Å². The second kappa shape index (κ2) is 8.02. The smallest absolute Gasteiger partial charge is 0.231 e. The number of ether oxygens (including phenoxy) is 3. The number of rotatable bonds is 4. The third-order valence-electron chi connectivity index (χ3n) is 5.70. The molecule has 29 heavy (non-hydrogen) atoms. The molecule has 7 nitrogen and oxygen atoms in total. The standard InChI is InChI=1S/C22H26O7/c1-2-13-3-5-14(6-4-13)9-15-7-8-17-16(10-15)22(28-12-27-17)21(26)20(25)19(24)18(11-23)29-22/h3-8,10,18-21,23-26H,2,9,11-12H2,1H3/t18-,19-,20+,21-,22+/m1/s1. The highest BCUT2D eigenvalue weighted by atomic mass is 16.8. The van der Waals surface area contributed by atoms with Gasteiger partial charge in [0.15, 0.2) is 6.79 Å². The highest BCUT2D eigenvalue weighted by Gasteiger charge is 2.57. The van der Waals surface area contributed by atoms with E-state index in [0.717, 1.165) is 17.5 Å². The van der Waals surface area contributed by atoms with Gasteiger partial charge in [0.05, 0.1) is 12.2 Å². The van der Waals surface area contributed by atoms with Crippen molar-refractivity contribution in [2.45, 2.75) is 50.0 Å². The van der Waals surface area contributed by atoms with Crippen molar-refractivity contribution < 1.29 is 34.6 Å². The molecule has 0 amide bonds. The molecule has 1 fully saturated rings. The summed E-state index contributed by atoms with van der Waals surface area (Å²) in [5.41, 5.74) is 3.76. The predicted molar refractivity (Wildman–Crippen MR) is 103 cm³/mol. The van der Waals surface area contributed by atoms with E-state index in [9.17, 15) is 20.4 Å². The summed E-state index contributed by atoms with van der Waals surface area (Å²) in [6.07, 6.45) is -4.01. The van der Waals surface area contributed by atoms with Crippen LogP contribution in [0.4, 0.5) is 0 Å². The zero-order valence-corrected chi connectivity index (χ0v) is 16.2. The van der Waals surface area contributed by atoms with Crippen LogP contribution >= 0.6 is 0 Å². The van der Waals surface area contributed by atoms with Crippen LogP contribution in [0, 0.1) is 0 Å². The topological polar surface area (TPSA) is 109 Å². The van der Waals surface area contributed by atoms with Crippen molar-refractivity contribution in [1.29, 1.82) is 0 Å². The molecule has 0 radical (unpaired) electrons. The summed E-state index contributed by atoms with van der Waals surface area (Å²) in [5.74, 6) is -1.28. The van der Waals surface area contributed by atoms with Crippen molar-refractivity contribution in [3.05, 3.63) is 64.7 Å². The fourth-order valence-corrected chi connectivity index (χ4v) is 3.96. The highest BCUT2D eigenvalue weighted by molar-refractivity contribution is 5.44. The van der Waals surface area contributed by atoms with Gasteiger partial charge in [-0.3, -0.25) is 0 Å². The SMILES string of the molecule is CCc1ccc(Cc2ccc3c(c2)[C@]2(OCO3)O[C@H](CO)[C@@H](O)[C@H](O)[C@H]2O)cc1. The van der Waals surface area contributed by atoms with Crippen LogP contribution in [0.25, 0.3) is 0 Å². The third-order valence-corrected chi connectivity index (χ3v) is 5.70. The van der Waals surface area contributed by atoms with Crippen LogP contribution in [0.3, 0.4) is 0 Å². The van der Waals surface area contributed by atoms with Crippen LogP contribution in [-0.4, -0.2) is 58.2 Å². The molecule has 0 aromatic heterocycles. The van der Waals surface area contributed by atoms with Crippen LogP contribution in [0.2, 0.25) is 0 Å². The van der Waals surface area contributed by atoms with E-state index < -0.39 is 36.8 Å². The zero-order chi connectivity index (χ0) is 20.6. The van der Waals surface area contributed by atoms with Gasteiger partial charge >= 0.3 is 0 Å². The Hall–Kier alpha value is -2.00. The van der Waals surface area contributed by atoms with Gasteiger partial charge in [0, 0.05) is 0 Å². The van der Waals surface area contributed by atoms with Crippen LogP contribution in [0.5, 0.6) is 5.75 Å². The molecule has 2 aromatic rings. The number of fused-ring (bicyclic) bond motifs is 2. The van der Waals surface area contributed by atoms with E-state index in [1.165, 1.54) is 5.56 Å². The molecule has 2 aliphatic rings. The van der Waals surface area contributed by atoms with Gasteiger partial charge in [0.25, 0.3) is 0 Å². The first-order chi connectivity index (χ1) is 14.0. The minimum Gasteiger partial charge on any atom is -0.467 e. The molecule has 2 heterocycles. The van der Waals surface area contributed by atoms with Crippen molar-refractivity contribution in [2.75, 3.05) is 13.4 Å². The van der Waals surface area contributed by atoms with Crippen LogP contribution in [-0.2, 0) is 28.1 Å². The Balaban J connectivity index is 1.69. The molecule has 1 saturated heterocycles. The average molecular weight is 402 g/mol.